The number of hydrogen-bond donors (Lipinski definition) is 2. The van der Waals surface area contributed by atoms with Crippen molar-refractivity contribution in [3.05, 3.63) is 47.5 Å². The van der Waals surface area contributed by atoms with Crippen molar-refractivity contribution >= 4 is 11.9 Å². The van der Waals surface area contributed by atoms with E-state index in [0.29, 0.717) is 17.2 Å². The number of benzene rings is 2. The number of aromatic hydroxyl groups is 1. The first-order valence-corrected chi connectivity index (χ1v) is 8.22. The van der Waals surface area contributed by atoms with Crippen LogP contribution in [0.25, 0.3) is 0 Å². The molecule has 1 aliphatic rings. The smallest absolute Gasteiger partial charge is 0.342 e. The third-order valence-electron chi connectivity index (χ3n) is 3.98. The second-order valence-electron chi connectivity index (χ2n) is 5.84. The van der Waals surface area contributed by atoms with Crippen molar-refractivity contribution in [2.24, 2.45) is 0 Å². The van der Waals surface area contributed by atoms with E-state index < -0.39 is 18.0 Å². The fourth-order valence-corrected chi connectivity index (χ4v) is 2.47. The van der Waals surface area contributed by atoms with E-state index in [9.17, 15) is 14.7 Å². The maximum Gasteiger partial charge on any atom is 0.342 e. The predicted molar refractivity (Wildman–Crippen MR) is 93.9 cm³/mol. The Labute approximate surface area is 155 Å². The zero-order chi connectivity index (χ0) is 19.4. The first-order valence-electron chi connectivity index (χ1n) is 8.22. The normalized spacial score (nSPS) is 13.0. The molecule has 142 valence electrons. The van der Waals surface area contributed by atoms with Gasteiger partial charge in [0, 0.05) is 12.6 Å². The summed E-state index contributed by atoms with van der Waals surface area (Å²) in [7, 11) is 1.44. The molecule has 2 N–H and O–H groups in total. The van der Waals surface area contributed by atoms with Gasteiger partial charge < -0.3 is 29.4 Å². The number of hydrogen-bond acceptors (Lipinski definition) is 7. The summed E-state index contributed by atoms with van der Waals surface area (Å²) in [4.78, 5) is 24.3. The zero-order valence-corrected chi connectivity index (χ0v) is 14.9. The van der Waals surface area contributed by atoms with Crippen molar-refractivity contribution in [2.45, 2.75) is 19.6 Å². The van der Waals surface area contributed by atoms with E-state index >= 15 is 0 Å². The molecule has 2 aromatic rings. The third kappa shape index (κ3) is 4.22. The van der Waals surface area contributed by atoms with Crippen LogP contribution in [-0.4, -0.2) is 37.0 Å². The van der Waals surface area contributed by atoms with E-state index in [1.165, 1.54) is 32.2 Å². The molecule has 0 saturated heterocycles. The number of phenols is 1. The minimum atomic E-state index is -1.03. The van der Waals surface area contributed by atoms with Crippen LogP contribution in [0.3, 0.4) is 0 Å². The van der Waals surface area contributed by atoms with Gasteiger partial charge in [0.1, 0.15) is 17.1 Å². The minimum Gasteiger partial charge on any atom is -0.507 e. The van der Waals surface area contributed by atoms with E-state index in [2.05, 4.69) is 5.32 Å². The maximum atomic E-state index is 12.2. The van der Waals surface area contributed by atoms with Gasteiger partial charge in [0.15, 0.2) is 17.6 Å². The van der Waals surface area contributed by atoms with Crippen molar-refractivity contribution in [3.63, 3.8) is 0 Å². The summed E-state index contributed by atoms with van der Waals surface area (Å²) in [6.07, 6.45) is -1.03. The predicted octanol–water partition coefficient (Wildman–Crippen LogP) is 1.99. The number of amides is 1. The van der Waals surface area contributed by atoms with Crippen LogP contribution in [0.2, 0.25) is 0 Å². The summed E-state index contributed by atoms with van der Waals surface area (Å²) in [5.41, 5.74) is 0.769. The van der Waals surface area contributed by atoms with Crippen molar-refractivity contribution in [1.82, 2.24) is 5.32 Å². The van der Waals surface area contributed by atoms with Gasteiger partial charge in [-0.25, -0.2) is 4.79 Å². The Bertz CT molecular complexity index is 865. The molecular weight excluding hydrogens is 354 g/mol. The van der Waals surface area contributed by atoms with Crippen LogP contribution in [0.1, 0.15) is 22.8 Å². The average molecular weight is 373 g/mol. The molecular formula is C19H19NO7. The quantitative estimate of drug-likeness (QED) is 0.747. The first-order chi connectivity index (χ1) is 13.0. The fourth-order valence-electron chi connectivity index (χ4n) is 2.47. The molecule has 0 spiro atoms. The van der Waals surface area contributed by atoms with Crippen molar-refractivity contribution in [2.75, 3.05) is 13.9 Å². The van der Waals surface area contributed by atoms with Crippen LogP contribution < -0.4 is 19.5 Å². The van der Waals surface area contributed by atoms with E-state index in [1.807, 2.05) is 0 Å². The monoisotopic (exact) mass is 373 g/mol. The third-order valence-corrected chi connectivity index (χ3v) is 3.98. The van der Waals surface area contributed by atoms with Crippen LogP contribution in [0.4, 0.5) is 0 Å². The second-order valence-corrected chi connectivity index (χ2v) is 5.84. The molecule has 1 heterocycles. The summed E-state index contributed by atoms with van der Waals surface area (Å²) >= 11 is 0. The molecule has 1 aliphatic heterocycles. The largest absolute Gasteiger partial charge is 0.507 e. The Morgan fingerprint density at radius 2 is 1.96 bits per heavy atom. The Balaban J connectivity index is 1.55. The molecule has 8 nitrogen and oxygen atoms in total. The van der Waals surface area contributed by atoms with E-state index in [1.54, 1.807) is 18.2 Å². The van der Waals surface area contributed by atoms with E-state index in [4.69, 9.17) is 18.9 Å². The van der Waals surface area contributed by atoms with E-state index in [0.717, 1.165) is 5.56 Å². The number of esters is 1. The minimum absolute atomic E-state index is 0.0498. The van der Waals surface area contributed by atoms with Gasteiger partial charge >= 0.3 is 5.97 Å². The topological polar surface area (TPSA) is 103 Å². The van der Waals surface area contributed by atoms with Crippen LogP contribution in [-0.2, 0) is 16.1 Å². The summed E-state index contributed by atoms with van der Waals surface area (Å²) in [6.45, 7) is 1.87. The molecule has 0 aliphatic carbocycles. The highest BCUT2D eigenvalue weighted by atomic mass is 16.7. The average Bonchev–Trinajstić information content (AvgIpc) is 3.13. The summed E-state index contributed by atoms with van der Waals surface area (Å²) in [5, 5.41) is 12.6. The van der Waals surface area contributed by atoms with Crippen LogP contribution in [0.5, 0.6) is 23.0 Å². The van der Waals surface area contributed by atoms with Gasteiger partial charge in [-0.1, -0.05) is 6.07 Å². The van der Waals surface area contributed by atoms with Crippen molar-refractivity contribution in [1.29, 1.82) is 0 Å². The zero-order valence-electron chi connectivity index (χ0n) is 14.9. The molecule has 2 aromatic carbocycles. The Kier molecular flexibility index (Phi) is 5.35. The van der Waals surface area contributed by atoms with E-state index in [-0.39, 0.29) is 24.7 Å². The molecule has 0 bridgehead atoms. The Morgan fingerprint density at radius 3 is 2.70 bits per heavy atom. The molecule has 1 amide bonds. The van der Waals surface area contributed by atoms with Crippen LogP contribution in [0, 0.1) is 0 Å². The number of rotatable bonds is 6. The molecule has 0 fully saturated rings. The molecule has 0 saturated carbocycles. The molecule has 0 unspecified atom stereocenters. The molecule has 0 radical (unpaired) electrons. The molecule has 8 heteroatoms. The van der Waals surface area contributed by atoms with Gasteiger partial charge in [-0.15, -0.1) is 0 Å². The Hall–Kier alpha value is -3.42. The number of nitrogens with one attached hydrogen (secondary N) is 1. The maximum absolute atomic E-state index is 12.2. The lowest BCUT2D eigenvalue weighted by molar-refractivity contribution is -0.129. The summed E-state index contributed by atoms with van der Waals surface area (Å²) < 4.78 is 20.6. The summed E-state index contributed by atoms with van der Waals surface area (Å²) in [5.74, 6) is 0.128. The number of methoxy groups -OCH3 is 1. The van der Waals surface area contributed by atoms with Gasteiger partial charge in [0.05, 0.1) is 7.11 Å². The number of carbonyl (C=O) groups excluding carboxylic acids is 2. The van der Waals surface area contributed by atoms with Crippen molar-refractivity contribution in [3.8, 4) is 23.0 Å². The van der Waals surface area contributed by atoms with Gasteiger partial charge in [-0.05, 0) is 36.8 Å². The lowest BCUT2D eigenvalue weighted by Crippen LogP contribution is -2.35. The highest BCUT2D eigenvalue weighted by molar-refractivity contribution is 5.94. The highest BCUT2D eigenvalue weighted by Crippen LogP contribution is 2.32. The summed E-state index contributed by atoms with van der Waals surface area (Å²) in [6, 6.07) is 9.52. The van der Waals surface area contributed by atoms with Crippen LogP contribution in [0.15, 0.2) is 36.4 Å². The van der Waals surface area contributed by atoms with Crippen molar-refractivity contribution < 1.29 is 33.6 Å². The lowest BCUT2D eigenvalue weighted by Gasteiger charge is -2.14. The van der Waals surface area contributed by atoms with Gasteiger partial charge in [-0.3, -0.25) is 4.79 Å². The lowest BCUT2D eigenvalue weighted by atomic mass is 10.2. The number of fused-ring (bicyclic) bond motifs is 1. The van der Waals surface area contributed by atoms with Gasteiger partial charge in [0.25, 0.3) is 5.91 Å². The molecule has 3 rings (SSSR count). The van der Waals surface area contributed by atoms with Gasteiger partial charge in [0.2, 0.25) is 6.79 Å². The molecule has 1 atom stereocenters. The highest BCUT2D eigenvalue weighted by Gasteiger charge is 2.21. The number of ether oxygens (including phenoxy) is 4. The molecule has 0 aromatic heterocycles. The first kappa shape index (κ1) is 18.4. The number of carbonyl (C=O) groups is 2. The second kappa shape index (κ2) is 7.86. The standard InChI is InChI=1S/C19H19NO7/c1-11(27-19(23)14-5-4-13(24-2)8-15(14)21)18(22)20-9-12-3-6-16-17(7-12)26-10-25-16/h3-8,11,21H,9-10H2,1-2H3,(H,20,22)/t11-/m1/s1. The van der Waals surface area contributed by atoms with Crippen LogP contribution >= 0.6 is 0 Å². The fraction of sp³-hybridized carbons (Fsp3) is 0.263. The SMILES string of the molecule is COc1ccc(C(=O)O[C@H](C)C(=O)NCc2ccc3c(c2)OCO3)c(O)c1. The number of phenolic OH excluding ortho intramolecular Hbond substituents is 1. The van der Waals surface area contributed by atoms with Gasteiger partial charge in [-0.2, -0.15) is 0 Å². The molecule has 27 heavy (non-hydrogen) atoms. The Morgan fingerprint density at radius 1 is 1.19 bits per heavy atom.